The molecule has 0 saturated heterocycles. The van der Waals surface area contributed by atoms with Gasteiger partial charge in [-0.25, -0.2) is 4.98 Å². The van der Waals surface area contributed by atoms with Crippen molar-refractivity contribution in [2.75, 3.05) is 19.1 Å². The van der Waals surface area contributed by atoms with E-state index >= 15 is 0 Å². The summed E-state index contributed by atoms with van der Waals surface area (Å²) < 4.78 is 11.6. The number of halogens is 1. The minimum absolute atomic E-state index is 0.191. The van der Waals surface area contributed by atoms with Gasteiger partial charge in [-0.2, -0.15) is 0 Å². The summed E-state index contributed by atoms with van der Waals surface area (Å²) in [5.74, 6) is 0.910. The van der Waals surface area contributed by atoms with Gasteiger partial charge in [-0.15, -0.1) is 0 Å². The Morgan fingerprint density at radius 3 is 2.35 bits per heavy atom. The number of hydrogen-bond acceptors (Lipinski definition) is 5. The van der Waals surface area contributed by atoms with Crippen LogP contribution in [0.3, 0.4) is 0 Å². The van der Waals surface area contributed by atoms with E-state index in [-0.39, 0.29) is 5.91 Å². The zero-order chi connectivity index (χ0) is 22.0. The molecule has 7 heteroatoms. The summed E-state index contributed by atoms with van der Waals surface area (Å²) in [4.78, 5) is 20.1. The van der Waals surface area contributed by atoms with Crippen molar-refractivity contribution in [3.8, 4) is 11.5 Å². The van der Waals surface area contributed by atoms with Crippen molar-refractivity contribution in [2.24, 2.45) is 0 Å². The van der Waals surface area contributed by atoms with E-state index in [0.717, 1.165) is 21.3 Å². The van der Waals surface area contributed by atoms with E-state index in [0.29, 0.717) is 33.8 Å². The predicted molar refractivity (Wildman–Crippen MR) is 126 cm³/mol. The zero-order valence-electron chi connectivity index (χ0n) is 17.4. The van der Waals surface area contributed by atoms with Gasteiger partial charge in [-0.1, -0.05) is 53.3 Å². The van der Waals surface area contributed by atoms with Crippen LogP contribution in [0.15, 0.2) is 60.7 Å². The molecule has 0 N–H and O–H groups in total. The molecule has 1 amide bonds. The third-order valence-electron chi connectivity index (χ3n) is 4.90. The lowest BCUT2D eigenvalue weighted by atomic mass is 10.1. The van der Waals surface area contributed by atoms with Gasteiger partial charge in [-0.3, -0.25) is 9.69 Å². The third kappa shape index (κ3) is 4.50. The first kappa shape index (κ1) is 21.2. The van der Waals surface area contributed by atoms with Gasteiger partial charge in [0.15, 0.2) is 5.13 Å². The third-order valence-corrected chi connectivity index (χ3v) is 6.14. The van der Waals surface area contributed by atoms with Gasteiger partial charge in [-0.05, 0) is 42.3 Å². The van der Waals surface area contributed by atoms with Gasteiger partial charge in [0.25, 0.3) is 5.91 Å². The number of methoxy groups -OCH3 is 2. The fourth-order valence-corrected chi connectivity index (χ4v) is 4.76. The summed E-state index contributed by atoms with van der Waals surface area (Å²) in [6, 6.07) is 18.7. The predicted octanol–water partition coefficient (Wildman–Crippen LogP) is 6.12. The molecule has 31 heavy (non-hydrogen) atoms. The van der Waals surface area contributed by atoms with Crippen LogP contribution in [0.5, 0.6) is 11.5 Å². The average molecular weight is 453 g/mol. The molecule has 4 aromatic rings. The number of carbonyl (C=O) groups excluding carboxylic acids is 1. The fraction of sp³-hybridized carbons (Fsp3) is 0.167. The Labute approximate surface area is 189 Å². The first-order valence-electron chi connectivity index (χ1n) is 9.64. The number of aryl methyl sites for hydroxylation is 1. The lowest BCUT2D eigenvalue weighted by Crippen LogP contribution is -2.30. The van der Waals surface area contributed by atoms with E-state index in [1.165, 1.54) is 11.3 Å². The van der Waals surface area contributed by atoms with Crippen LogP contribution in [-0.4, -0.2) is 25.1 Å². The lowest BCUT2D eigenvalue weighted by molar-refractivity contribution is 0.0984. The van der Waals surface area contributed by atoms with Crippen LogP contribution in [0.1, 0.15) is 21.5 Å². The molecule has 0 fully saturated rings. The highest BCUT2D eigenvalue weighted by Crippen LogP contribution is 2.35. The number of ether oxygens (including phenoxy) is 2. The van der Waals surface area contributed by atoms with Gasteiger partial charge in [0.2, 0.25) is 0 Å². The Kier molecular flexibility index (Phi) is 6.11. The van der Waals surface area contributed by atoms with Gasteiger partial charge in [0.05, 0.1) is 31.0 Å². The molecule has 1 aromatic heterocycles. The normalized spacial score (nSPS) is 10.8. The number of amides is 1. The van der Waals surface area contributed by atoms with E-state index in [4.69, 9.17) is 26.1 Å². The molecular formula is C24H21ClN2O3S. The maximum absolute atomic E-state index is 13.7. The number of benzene rings is 3. The summed E-state index contributed by atoms with van der Waals surface area (Å²) in [5, 5.41) is 1.26. The van der Waals surface area contributed by atoms with E-state index in [9.17, 15) is 4.79 Å². The zero-order valence-corrected chi connectivity index (χ0v) is 19.0. The van der Waals surface area contributed by atoms with Crippen molar-refractivity contribution in [2.45, 2.75) is 13.5 Å². The van der Waals surface area contributed by atoms with Crippen molar-refractivity contribution in [1.29, 1.82) is 0 Å². The Hall–Kier alpha value is -3.09. The van der Waals surface area contributed by atoms with Crippen LogP contribution in [0.25, 0.3) is 10.2 Å². The van der Waals surface area contributed by atoms with Crippen molar-refractivity contribution in [3.63, 3.8) is 0 Å². The van der Waals surface area contributed by atoms with Crippen LogP contribution in [-0.2, 0) is 6.54 Å². The standard InChI is InChI=1S/C24H21ClN2O3S/c1-15-9-18(25)12-21-22(15)26-24(31-21)27(14-16-7-5-4-6-8-16)23(28)17-10-19(29-2)13-20(11-17)30-3/h4-13H,14H2,1-3H3. The molecule has 5 nitrogen and oxygen atoms in total. The Morgan fingerprint density at radius 2 is 1.71 bits per heavy atom. The Bertz CT molecular complexity index is 1220. The van der Waals surface area contributed by atoms with Crippen molar-refractivity contribution < 1.29 is 14.3 Å². The number of fused-ring (bicyclic) bond motifs is 1. The van der Waals surface area contributed by atoms with Gasteiger partial charge in [0, 0.05) is 16.7 Å². The second-order valence-corrected chi connectivity index (χ2v) is 8.49. The van der Waals surface area contributed by atoms with Crippen LogP contribution in [0.2, 0.25) is 5.02 Å². The van der Waals surface area contributed by atoms with Crippen molar-refractivity contribution in [1.82, 2.24) is 4.98 Å². The maximum Gasteiger partial charge on any atom is 0.260 e. The highest BCUT2D eigenvalue weighted by atomic mass is 35.5. The molecule has 0 unspecified atom stereocenters. The largest absolute Gasteiger partial charge is 0.497 e. The quantitative estimate of drug-likeness (QED) is 0.353. The summed E-state index contributed by atoms with van der Waals surface area (Å²) in [5.41, 5.74) is 3.28. The minimum atomic E-state index is -0.191. The molecule has 0 aliphatic carbocycles. The number of anilines is 1. The number of aromatic nitrogens is 1. The molecule has 0 aliphatic heterocycles. The van der Waals surface area contributed by atoms with Gasteiger partial charge >= 0.3 is 0 Å². The van der Waals surface area contributed by atoms with E-state index in [2.05, 4.69) is 0 Å². The number of thiazole rings is 1. The van der Waals surface area contributed by atoms with Gasteiger partial charge < -0.3 is 9.47 Å². The average Bonchev–Trinajstić information content (AvgIpc) is 3.21. The molecule has 4 rings (SSSR count). The smallest absolute Gasteiger partial charge is 0.260 e. The van der Waals surface area contributed by atoms with Crippen molar-refractivity contribution >= 4 is 44.2 Å². The molecule has 0 bridgehead atoms. The lowest BCUT2D eigenvalue weighted by Gasteiger charge is -2.21. The minimum Gasteiger partial charge on any atom is -0.497 e. The monoisotopic (exact) mass is 452 g/mol. The number of carbonyl (C=O) groups is 1. The van der Waals surface area contributed by atoms with Crippen LogP contribution >= 0.6 is 22.9 Å². The molecule has 158 valence electrons. The second kappa shape index (κ2) is 8.96. The summed E-state index contributed by atoms with van der Waals surface area (Å²) in [6.45, 7) is 2.35. The van der Waals surface area contributed by atoms with Crippen LogP contribution < -0.4 is 14.4 Å². The summed E-state index contributed by atoms with van der Waals surface area (Å²) in [7, 11) is 3.12. The van der Waals surface area contributed by atoms with E-state index < -0.39 is 0 Å². The highest BCUT2D eigenvalue weighted by Gasteiger charge is 2.23. The van der Waals surface area contributed by atoms with Crippen LogP contribution in [0, 0.1) is 6.92 Å². The van der Waals surface area contributed by atoms with Gasteiger partial charge in [0.1, 0.15) is 11.5 Å². The fourth-order valence-electron chi connectivity index (χ4n) is 3.34. The molecule has 0 saturated carbocycles. The maximum atomic E-state index is 13.7. The Balaban J connectivity index is 1.82. The number of nitrogens with zero attached hydrogens (tertiary/aromatic N) is 2. The van der Waals surface area contributed by atoms with Crippen molar-refractivity contribution in [3.05, 3.63) is 82.4 Å². The molecule has 0 atom stereocenters. The van der Waals surface area contributed by atoms with Crippen LogP contribution in [0.4, 0.5) is 5.13 Å². The van der Waals surface area contributed by atoms with E-state index in [1.54, 1.807) is 37.3 Å². The Morgan fingerprint density at radius 1 is 1.03 bits per heavy atom. The highest BCUT2D eigenvalue weighted by molar-refractivity contribution is 7.22. The first-order valence-corrected chi connectivity index (χ1v) is 10.8. The topological polar surface area (TPSA) is 51.7 Å². The second-order valence-electron chi connectivity index (χ2n) is 7.04. The van der Waals surface area contributed by atoms with E-state index in [1.807, 2.05) is 49.4 Å². The molecule has 0 aliphatic rings. The number of rotatable bonds is 6. The molecule has 3 aromatic carbocycles. The molecule has 0 radical (unpaired) electrons. The SMILES string of the molecule is COc1cc(OC)cc(C(=O)N(Cc2ccccc2)c2nc3c(C)cc(Cl)cc3s2)c1. The molecule has 1 heterocycles. The number of hydrogen-bond donors (Lipinski definition) is 0. The molecule has 0 spiro atoms. The first-order chi connectivity index (χ1) is 15.0. The summed E-state index contributed by atoms with van der Waals surface area (Å²) >= 11 is 7.68. The molecular weight excluding hydrogens is 432 g/mol. The summed E-state index contributed by atoms with van der Waals surface area (Å²) in [6.07, 6.45) is 0.